The molecule has 0 radical (unpaired) electrons. The second kappa shape index (κ2) is 7.64. The lowest BCUT2D eigenvalue weighted by Gasteiger charge is -2.14. The Hall–Kier alpha value is -2.42. The fourth-order valence-corrected chi connectivity index (χ4v) is 3.13. The molecule has 2 rings (SSSR count). The normalized spacial score (nSPS) is 12.0. The van der Waals surface area contributed by atoms with Gasteiger partial charge in [-0.3, -0.25) is 19.1 Å². The van der Waals surface area contributed by atoms with Gasteiger partial charge in [-0.15, -0.1) is 0 Å². The first-order valence-electron chi connectivity index (χ1n) is 7.86. The van der Waals surface area contributed by atoms with Crippen LogP contribution in [0.2, 0.25) is 0 Å². The average molecular weight is 366 g/mol. The molecular weight excluding hydrogens is 344 g/mol. The molecule has 1 unspecified atom stereocenters. The molecule has 0 aliphatic rings. The molecule has 0 aliphatic carbocycles. The largest absolute Gasteiger partial charge is 0.452 e. The molecule has 0 saturated heterocycles. The number of aryl methyl sites for hydroxylation is 3. The maximum atomic E-state index is 12.2. The Balaban J connectivity index is 1.90. The Kier molecular flexibility index (Phi) is 5.78. The summed E-state index contributed by atoms with van der Waals surface area (Å²) in [5.74, 6) is -0.948. The lowest BCUT2D eigenvalue weighted by atomic mass is 10.3. The number of carbonyl (C=O) groups is 2. The van der Waals surface area contributed by atoms with Gasteiger partial charge in [-0.2, -0.15) is 5.10 Å². The van der Waals surface area contributed by atoms with Crippen molar-refractivity contribution in [3.8, 4) is 0 Å². The number of nitrogens with one attached hydrogen (secondary N) is 1. The SMILES string of the molecule is Cc1nn(C)c(C)c1NC(=O)C(C)OC(=O)CCn1c(C)csc1=O. The number of aromatic nitrogens is 3. The van der Waals surface area contributed by atoms with Crippen molar-refractivity contribution < 1.29 is 14.3 Å². The van der Waals surface area contributed by atoms with E-state index in [1.165, 1.54) is 11.5 Å². The zero-order chi connectivity index (χ0) is 18.7. The summed E-state index contributed by atoms with van der Waals surface area (Å²) < 4.78 is 8.34. The molecule has 0 fully saturated rings. The van der Waals surface area contributed by atoms with Crippen LogP contribution in [-0.2, 0) is 27.9 Å². The van der Waals surface area contributed by atoms with E-state index in [4.69, 9.17) is 4.74 Å². The maximum Gasteiger partial charge on any atom is 0.308 e. The molecule has 2 aromatic heterocycles. The third kappa shape index (κ3) is 4.36. The summed E-state index contributed by atoms with van der Waals surface area (Å²) in [7, 11) is 1.79. The number of esters is 1. The van der Waals surface area contributed by atoms with Gasteiger partial charge in [0.15, 0.2) is 6.10 Å². The molecule has 0 saturated carbocycles. The Bertz CT molecular complexity index is 849. The van der Waals surface area contributed by atoms with Gasteiger partial charge in [0.2, 0.25) is 0 Å². The highest BCUT2D eigenvalue weighted by atomic mass is 32.1. The fourth-order valence-electron chi connectivity index (χ4n) is 2.37. The van der Waals surface area contributed by atoms with E-state index in [1.54, 1.807) is 31.0 Å². The molecule has 1 N–H and O–H groups in total. The summed E-state index contributed by atoms with van der Waals surface area (Å²) in [5.41, 5.74) is 2.93. The monoisotopic (exact) mass is 366 g/mol. The Morgan fingerprint density at radius 2 is 2.04 bits per heavy atom. The van der Waals surface area contributed by atoms with Crippen molar-refractivity contribution in [1.82, 2.24) is 14.3 Å². The molecule has 9 heteroatoms. The number of hydrogen-bond acceptors (Lipinski definition) is 6. The summed E-state index contributed by atoms with van der Waals surface area (Å²) in [4.78, 5) is 35.7. The number of nitrogens with zero attached hydrogens (tertiary/aromatic N) is 3. The number of thiazole rings is 1. The van der Waals surface area contributed by atoms with Gasteiger partial charge in [-0.25, -0.2) is 0 Å². The lowest BCUT2D eigenvalue weighted by Crippen LogP contribution is -2.31. The molecule has 2 heterocycles. The van der Waals surface area contributed by atoms with Gasteiger partial charge >= 0.3 is 10.8 Å². The predicted octanol–water partition coefficient (Wildman–Crippen LogP) is 1.53. The highest BCUT2D eigenvalue weighted by Crippen LogP contribution is 2.18. The molecule has 0 spiro atoms. The first kappa shape index (κ1) is 18.9. The molecular formula is C16H22N4O4S. The molecule has 0 bridgehead atoms. The van der Waals surface area contributed by atoms with Gasteiger partial charge in [0.05, 0.1) is 23.5 Å². The zero-order valence-electron chi connectivity index (χ0n) is 15.0. The Morgan fingerprint density at radius 3 is 2.56 bits per heavy atom. The summed E-state index contributed by atoms with van der Waals surface area (Å²) in [5, 5.41) is 8.70. The van der Waals surface area contributed by atoms with E-state index in [9.17, 15) is 14.4 Å². The van der Waals surface area contributed by atoms with Gasteiger partial charge in [0.1, 0.15) is 0 Å². The van der Waals surface area contributed by atoms with Crippen molar-refractivity contribution in [3.05, 3.63) is 32.1 Å². The van der Waals surface area contributed by atoms with Gasteiger partial charge in [-0.1, -0.05) is 11.3 Å². The van der Waals surface area contributed by atoms with Crippen LogP contribution in [0.3, 0.4) is 0 Å². The molecule has 0 aliphatic heterocycles. The van der Waals surface area contributed by atoms with Gasteiger partial charge < -0.3 is 14.6 Å². The third-order valence-corrected chi connectivity index (χ3v) is 4.83. The minimum absolute atomic E-state index is 0.0278. The summed E-state index contributed by atoms with van der Waals surface area (Å²) in [6.45, 7) is 7.18. The lowest BCUT2D eigenvalue weighted by molar-refractivity contribution is -0.153. The molecule has 136 valence electrons. The van der Waals surface area contributed by atoms with Crippen molar-refractivity contribution in [2.75, 3.05) is 5.32 Å². The number of amides is 1. The van der Waals surface area contributed by atoms with Crippen molar-refractivity contribution >= 4 is 28.9 Å². The van der Waals surface area contributed by atoms with Crippen molar-refractivity contribution in [3.63, 3.8) is 0 Å². The molecule has 1 atom stereocenters. The maximum absolute atomic E-state index is 12.2. The third-order valence-electron chi connectivity index (χ3n) is 3.95. The van der Waals surface area contributed by atoms with Crippen LogP contribution in [0.15, 0.2) is 10.2 Å². The van der Waals surface area contributed by atoms with Crippen LogP contribution in [0, 0.1) is 20.8 Å². The minimum Gasteiger partial charge on any atom is -0.452 e. The van der Waals surface area contributed by atoms with Gasteiger partial charge in [0.25, 0.3) is 5.91 Å². The van der Waals surface area contributed by atoms with E-state index in [0.29, 0.717) is 11.4 Å². The molecule has 1 amide bonds. The van der Waals surface area contributed by atoms with Crippen molar-refractivity contribution in [1.29, 1.82) is 0 Å². The quantitative estimate of drug-likeness (QED) is 0.782. The van der Waals surface area contributed by atoms with Crippen LogP contribution in [0.25, 0.3) is 0 Å². The van der Waals surface area contributed by atoms with Crippen LogP contribution in [0.5, 0.6) is 0 Å². The second-order valence-corrected chi connectivity index (χ2v) is 6.66. The number of hydrogen-bond donors (Lipinski definition) is 1. The Morgan fingerprint density at radius 1 is 1.36 bits per heavy atom. The van der Waals surface area contributed by atoms with Crippen LogP contribution in [0.1, 0.15) is 30.4 Å². The predicted molar refractivity (Wildman–Crippen MR) is 94.8 cm³/mol. The van der Waals surface area contributed by atoms with Gasteiger partial charge in [0, 0.05) is 24.7 Å². The van der Waals surface area contributed by atoms with E-state index in [-0.39, 0.29) is 17.8 Å². The summed E-state index contributed by atoms with van der Waals surface area (Å²) in [6, 6.07) is 0. The van der Waals surface area contributed by atoms with Gasteiger partial charge in [-0.05, 0) is 27.7 Å². The molecule has 8 nitrogen and oxygen atoms in total. The number of rotatable bonds is 6. The minimum atomic E-state index is -0.938. The molecule has 0 aromatic carbocycles. The smallest absolute Gasteiger partial charge is 0.308 e. The van der Waals surface area contributed by atoms with Crippen LogP contribution in [0.4, 0.5) is 5.69 Å². The van der Waals surface area contributed by atoms with Crippen LogP contribution < -0.4 is 10.2 Å². The Labute approximate surface area is 149 Å². The highest BCUT2D eigenvalue weighted by molar-refractivity contribution is 7.07. The van der Waals surface area contributed by atoms with E-state index < -0.39 is 18.0 Å². The topological polar surface area (TPSA) is 95.2 Å². The first-order valence-corrected chi connectivity index (χ1v) is 8.74. The standard InChI is InChI=1S/C16H22N4O4S/c1-9-8-25-16(23)20(9)7-6-13(21)24-12(4)15(22)17-14-10(2)18-19(5)11(14)3/h8,12H,6-7H2,1-5H3,(H,17,22). The van der Waals surface area contributed by atoms with Crippen LogP contribution >= 0.6 is 11.3 Å². The number of carbonyl (C=O) groups excluding carboxylic acids is 2. The zero-order valence-corrected chi connectivity index (χ0v) is 15.8. The number of anilines is 1. The van der Waals surface area contributed by atoms with E-state index in [0.717, 1.165) is 22.7 Å². The molecule has 25 heavy (non-hydrogen) atoms. The van der Waals surface area contributed by atoms with Crippen LogP contribution in [-0.4, -0.2) is 32.3 Å². The fraction of sp³-hybridized carbons (Fsp3) is 0.500. The first-order chi connectivity index (χ1) is 11.7. The van der Waals surface area contributed by atoms with E-state index in [2.05, 4.69) is 10.4 Å². The number of ether oxygens (including phenoxy) is 1. The molecule has 2 aromatic rings. The van der Waals surface area contributed by atoms with E-state index in [1.807, 2.05) is 6.92 Å². The summed E-state index contributed by atoms with van der Waals surface area (Å²) >= 11 is 1.09. The van der Waals surface area contributed by atoms with Crippen molar-refractivity contribution in [2.45, 2.75) is 46.8 Å². The van der Waals surface area contributed by atoms with E-state index >= 15 is 0 Å². The second-order valence-electron chi connectivity index (χ2n) is 5.84. The average Bonchev–Trinajstić information content (AvgIpc) is 2.98. The van der Waals surface area contributed by atoms with Crippen molar-refractivity contribution in [2.24, 2.45) is 7.05 Å². The highest BCUT2D eigenvalue weighted by Gasteiger charge is 2.21. The summed E-state index contributed by atoms with van der Waals surface area (Å²) in [6.07, 6.45) is -0.910.